The molecule has 96 valence electrons. The van der Waals surface area contributed by atoms with Gasteiger partial charge in [0.1, 0.15) is 10.7 Å². The van der Waals surface area contributed by atoms with Crippen LogP contribution in [0.15, 0.2) is 29.2 Å². The lowest BCUT2D eigenvalue weighted by Crippen LogP contribution is -2.15. The molecule has 2 rings (SSSR count). The van der Waals surface area contributed by atoms with Crippen LogP contribution in [0.4, 0.5) is 10.1 Å². The average Bonchev–Trinajstić information content (AvgIpc) is 2.61. The van der Waals surface area contributed by atoms with Crippen LogP contribution in [-0.4, -0.2) is 18.6 Å². The number of benzene rings is 1. The van der Waals surface area contributed by atoms with E-state index in [-0.39, 0.29) is 4.90 Å². The molecule has 0 bridgehead atoms. The molecule has 0 saturated heterocycles. The monoisotopic (exact) mass is 269 g/mol. The lowest BCUT2D eigenvalue weighted by atomic mass is 10.3. The summed E-state index contributed by atoms with van der Waals surface area (Å²) in [6.07, 6.45) is 0. The van der Waals surface area contributed by atoms with Crippen LogP contribution < -0.4 is 4.72 Å². The third-order valence-electron chi connectivity index (χ3n) is 2.49. The highest BCUT2D eigenvalue weighted by Gasteiger charge is 2.21. The molecule has 7 heteroatoms. The van der Waals surface area contributed by atoms with Crippen LogP contribution in [0.1, 0.15) is 11.4 Å². The second kappa shape index (κ2) is 4.41. The Balaban J connectivity index is 2.43. The molecule has 0 radical (unpaired) electrons. The van der Waals surface area contributed by atoms with E-state index in [4.69, 9.17) is 0 Å². The van der Waals surface area contributed by atoms with Crippen molar-refractivity contribution >= 4 is 15.7 Å². The predicted molar refractivity (Wildman–Crippen MR) is 65.3 cm³/mol. The van der Waals surface area contributed by atoms with Gasteiger partial charge in [0.2, 0.25) is 0 Å². The molecule has 0 amide bonds. The number of hydrogen-bond donors (Lipinski definition) is 2. The van der Waals surface area contributed by atoms with E-state index in [0.29, 0.717) is 17.1 Å². The van der Waals surface area contributed by atoms with Crippen LogP contribution in [0.3, 0.4) is 0 Å². The van der Waals surface area contributed by atoms with Crippen molar-refractivity contribution in [2.75, 3.05) is 4.72 Å². The van der Waals surface area contributed by atoms with Gasteiger partial charge in [0.25, 0.3) is 10.0 Å². The zero-order valence-corrected chi connectivity index (χ0v) is 10.7. The number of sulfonamides is 1. The zero-order chi connectivity index (χ0) is 13.3. The summed E-state index contributed by atoms with van der Waals surface area (Å²) in [5, 5.41) is 6.53. The summed E-state index contributed by atoms with van der Waals surface area (Å²) >= 11 is 0. The first kappa shape index (κ1) is 12.6. The van der Waals surface area contributed by atoms with E-state index in [9.17, 15) is 12.8 Å². The Labute approximate surface area is 104 Å². The largest absolute Gasteiger partial charge is 0.280 e. The third kappa shape index (κ3) is 2.21. The first-order chi connectivity index (χ1) is 8.42. The molecule has 0 aliphatic carbocycles. The lowest BCUT2D eigenvalue weighted by Gasteiger charge is -2.08. The van der Waals surface area contributed by atoms with Crippen molar-refractivity contribution in [3.05, 3.63) is 41.5 Å². The molecular formula is C11H12FN3O2S. The van der Waals surface area contributed by atoms with Gasteiger partial charge in [-0.05, 0) is 26.0 Å². The first-order valence-corrected chi connectivity index (χ1v) is 6.69. The Morgan fingerprint density at radius 2 is 1.94 bits per heavy atom. The van der Waals surface area contributed by atoms with Crippen molar-refractivity contribution in [2.24, 2.45) is 0 Å². The SMILES string of the molecule is Cc1n[nH]c(C)c1NS(=O)(=O)c1ccccc1F. The minimum Gasteiger partial charge on any atom is -0.280 e. The summed E-state index contributed by atoms with van der Waals surface area (Å²) in [5.74, 6) is -0.788. The topological polar surface area (TPSA) is 74.8 Å². The first-order valence-electron chi connectivity index (χ1n) is 5.21. The Morgan fingerprint density at radius 1 is 1.28 bits per heavy atom. The van der Waals surface area contributed by atoms with E-state index >= 15 is 0 Å². The van der Waals surface area contributed by atoms with Crippen LogP contribution in [0, 0.1) is 19.7 Å². The highest BCUT2D eigenvalue weighted by atomic mass is 32.2. The molecule has 0 atom stereocenters. The van der Waals surface area contributed by atoms with Gasteiger partial charge in [-0.25, -0.2) is 12.8 Å². The van der Waals surface area contributed by atoms with E-state index in [1.165, 1.54) is 18.2 Å². The van der Waals surface area contributed by atoms with Crippen molar-refractivity contribution < 1.29 is 12.8 Å². The highest BCUT2D eigenvalue weighted by molar-refractivity contribution is 7.92. The van der Waals surface area contributed by atoms with Gasteiger partial charge in [-0.3, -0.25) is 9.82 Å². The summed E-state index contributed by atoms with van der Waals surface area (Å²) in [6, 6.07) is 5.21. The van der Waals surface area contributed by atoms with Gasteiger partial charge in [-0.2, -0.15) is 5.10 Å². The fourth-order valence-electron chi connectivity index (χ4n) is 1.55. The number of anilines is 1. The maximum absolute atomic E-state index is 13.5. The molecule has 0 saturated carbocycles. The number of nitrogens with one attached hydrogen (secondary N) is 2. The Bertz CT molecular complexity index is 660. The number of aromatic nitrogens is 2. The Hall–Kier alpha value is -1.89. The van der Waals surface area contributed by atoms with Gasteiger partial charge >= 0.3 is 0 Å². The summed E-state index contributed by atoms with van der Waals surface area (Å²) in [6.45, 7) is 3.34. The smallest absolute Gasteiger partial charge is 0.264 e. The van der Waals surface area contributed by atoms with Crippen molar-refractivity contribution in [3.63, 3.8) is 0 Å². The van der Waals surface area contributed by atoms with Gasteiger partial charge in [-0.15, -0.1) is 0 Å². The van der Waals surface area contributed by atoms with Gasteiger partial charge in [0, 0.05) is 0 Å². The summed E-state index contributed by atoms with van der Waals surface area (Å²) in [4.78, 5) is -0.384. The molecule has 0 aliphatic heterocycles. The van der Waals surface area contributed by atoms with Gasteiger partial charge < -0.3 is 0 Å². The maximum Gasteiger partial charge on any atom is 0.264 e. The van der Waals surface area contributed by atoms with Crippen molar-refractivity contribution in [1.82, 2.24) is 10.2 Å². The summed E-state index contributed by atoms with van der Waals surface area (Å²) < 4.78 is 39.9. The minimum absolute atomic E-state index is 0.346. The molecule has 0 unspecified atom stereocenters. The van der Waals surface area contributed by atoms with Crippen molar-refractivity contribution in [1.29, 1.82) is 0 Å². The second-order valence-electron chi connectivity index (χ2n) is 3.84. The summed E-state index contributed by atoms with van der Waals surface area (Å²) in [5.41, 5.74) is 1.43. The number of hydrogen-bond acceptors (Lipinski definition) is 3. The van der Waals surface area contributed by atoms with Gasteiger partial charge in [0.15, 0.2) is 0 Å². The molecule has 1 heterocycles. The normalized spacial score (nSPS) is 11.5. The number of aryl methyl sites for hydroxylation is 2. The van der Waals surface area contributed by atoms with Crippen molar-refractivity contribution in [3.8, 4) is 0 Å². The van der Waals surface area contributed by atoms with Gasteiger partial charge in [-0.1, -0.05) is 12.1 Å². The molecule has 5 nitrogen and oxygen atoms in total. The maximum atomic E-state index is 13.5. The van der Waals surface area contributed by atoms with E-state index in [0.717, 1.165) is 6.07 Å². The fraction of sp³-hybridized carbons (Fsp3) is 0.182. The fourth-order valence-corrected chi connectivity index (χ4v) is 2.82. The minimum atomic E-state index is -3.94. The summed E-state index contributed by atoms with van der Waals surface area (Å²) in [7, 11) is -3.94. The number of aromatic amines is 1. The molecule has 2 aromatic rings. The van der Waals surface area contributed by atoms with Crippen LogP contribution >= 0.6 is 0 Å². The molecule has 18 heavy (non-hydrogen) atoms. The van der Waals surface area contributed by atoms with Crippen LogP contribution in [0.25, 0.3) is 0 Å². The number of halogens is 1. The molecule has 0 spiro atoms. The molecule has 0 fully saturated rings. The quantitative estimate of drug-likeness (QED) is 0.894. The van der Waals surface area contributed by atoms with E-state index in [2.05, 4.69) is 14.9 Å². The zero-order valence-electron chi connectivity index (χ0n) is 9.86. The third-order valence-corrected chi connectivity index (χ3v) is 3.87. The standard InChI is InChI=1S/C11H12FN3O2S/c1-7-11(8(2)14-13-7)15-18(16,17)10-6-4-3-5-9(10)12/h3-6,15H,1-2H3,(H,13,14). The van der Waals surface area contributed by atoms with E-state index < -0.39 is 15.8 Å². The Kier molecular flexibility index (Phi) is 3.08. The van der Waals surface area contributed by atoms with E-state index in [1.807, 2.05) is 0 Å². The number of nitrogens with zero attached hydrogens (tertiary/aromatic N) is 1. The van der Waals surface area contributed by atoms with Crippen molar-refractivity contribution in [2.45, 2.75) is 18.7 Å². The number of H-pyrrole nitrogens is 1. The molecule has 1 aromatic carbocycles. The highest BCUT2D eigenvalue weighted by Crippen LogP contribution is 2.22. The Morgan fingerprint density at radius 3 is 2.50 bits per heavy atom. The molecule has 2 N–H and O–H groups in total. The average molecular weight is 269 g/mol. The predicted octanol–water partition coefficient (Wildman–Crippen LogP) is 1.97. The van der Waals surface area contributed by atoms with Crippen LogP contribution in [0.5, 0.6) is 0 Å². The molecular weight excluding hydrogens is 257 g/mol. The van der Waals surface area contributed by atoms with Crippen LogP contribution in [0.2, 0.25) is 0 Å². The van der Waals surface area contributed by atoms with Crippen LogP contribution in [-0.2, 0) is 10.0 Å². The molecule has 1 aromatic heterocycles. The lowest BCUT2D eigenvalue weighted by molar-refractivity contribution is 0.570. The molecule has 0 aliphatic rings. The number of rotatable bonds is 3. The van der Waals surface area contributed by atoms with E-state index in [1.54, 1.807) is 13.8 Å². The van der Waals surface area contributed by atoms with Gasteiger partial charge in [0.05, 0.1) is 17.1 Å². The second-order valence-corrected chi connectivity index (χ2v) is 5.50.